The van der Waals surface area contributed by atoms with E-state index in [1.807, 2.05) is 0 Å². The van der Waals surface area contributed by atoms with Crippen LogP contribution in [0, 0.1) is 5.92 Å². The van der Waals surface area contributed by atoms with Gasteiger partial charge in [-0.05, 0) is 60.9 Å². The topological polar surface area (TPSA) is 12.0 Å². The van der Waals surface area contributed by atoms with Gasteiger partial charge >= 0.3 is 0 Å². The van der Waals surface area contributed by atoms with Crippen LogP contribution in [0.1, 0.15) is 37.8 Å². The summed E-state index contributed by atoms with van der Waals surface area (Å²) in [5, 5.41) is 3.75. The smallest absolute Gasteiger partial charge is 0.0317 e. The second kappa shape index (κ2) is 7.56. The molecule has 1 nitrogen and oxygen atoms in total. The Kier molecular flexibility index (Phi) is 6.06. The van der Waals surface area contributed by atoms with E-state index >= 15 is 0 Å². The van der Waals surface area contributed by atoms with E-state index in [-0.39, 0.29) is 0 Å². The van der Waals surface area contributed by atoms with Crippen molar-refractivity contribution in [3.05, 3.63) is 34.3 Å². The Balaban J connectivity index is 1.86. The Labute approximate surface area is 123 Å². The van der Waals surface area contributed by atoms with Crippen LogP contribution in [0.2, 0.25) is 0 Å². The maximum atomic E-state index is 3.75. The summed E-state index contributed by atoms with van der Waals surface area (Å²) in [7, 11) is 0. The van der Waals surface area contributed by atoms with Crippen LogP contribution in [-0.4, -0.2) is 18.1 Å². The molecule has 1 aromatic carbocycles. The number of rotatable bonds is 5. The molecule has 1 aromatic rings. The first kappa shape index (κ1) is 14.4. The summed E-state index contributed by atoms with van der Waals surface area (Å²) < 4.78 is 1.16. The molecule has 18 heavy (non-hydrogen) atoms. The van der Waals surface area contributed by atoms with E-state index in [4.69, 9.17) is 0 Å². The quantitative estimate of drug-likeness (QED) is 0.845. The number of halogens is 1. The molecule has 0 aromatic heterocycles. The third kappa shape index (κ3) is 4.29. The molecular formula is C15H22BrNS. The van der Waals surface area contributed by atoms with Gasteiger partial charge in [0.15, 0.2) is 0 Å². The zero-order valence-corrected chi connectivity index (χ0v) is 13.4. The van der Waals surface area contributed by atoms with E-state index in [1.165, 1.54) is 36.5 Å². The molecule has 100 valence electrons. The number of nitrogens with one attached hydrogen (secondary N) is 1. The van der Waals surface area contributed by atoms with Crippen molar-refractivity contribution in [3.63, 3.8) is 0 Å². The molecule has 0 spiro atoms. The van der Waals surface area contributed by atoms with Gasteiger partial charge in [0.2, 0.25) is 0 Å². The molecule has 3 heteroatoms. The molecule has 0 aliphatic carbocycles. The predicted molar refractivity (Wildman–Crippen MR) is 85.2 cm³/mol. The molecule has 0 bridgehead atoms. The summed E-state index contributed by atoms with van der Waals surface area (Å²) >= 11 is 5.61. The van der Waals surface area contributed by atoms with Crippen molar-refractivity contribution in [1.29, 1.82) is 0 Å². The highest BCUT2D eigenvalue weighted by Gasteiger charge is 2.16. The SMILES string of the molecule is CCC(NCC1CCCSC1)c1ccc(Br)cc1. The Morgan fingerprint density at radius 3 is 2.78 bits per heavy atom. The first-order chi connectivity index (χ1) is 8.79. The van der Waals surface area contributed by atoms with Crippen LogP contribution in [-0.2, 0) is 0 Å². The molecule has 2 unspecified atom stereocenters. The van der Waals surface area contributed by atoms with Crippen molar-refractivity contribution in [2.24, 2.45) is 5.92 Å². The fraction of sp³-hybridized carbons (Fsp3) is 0.600. The Hall–Kier alpha value is 0.01000. The molecule has 1 fully saturated rings. The van der Waals surface area contributed by atoms with Crippen LogP contribution < -0.4 is 5.32 Å². The molecule has 0 saturated carbocycles. The lowest BCUT2D eigenvalue weighted by Gasteiger charge is -2.25. The fourth-order valence-electron chi connectivity index (χ4n) is 2.47. The van der Waals surface area contributed by atoms with E-state index in [0.717, 1.165) is 16.8 Å². The van der Waals surface area contributed by atoms with E-state index in [0.29, 0.717) is 6.04 Å². The number of hydrogen-bond acceptors (Lipinski definition) is 2. The van der Waals surface area contributed by atoms with Gasteiger partial charge in [-0.25, -0.2) is 0 Å². The fourth-order valence-corrected chi connectivity index (χ4v) is 3.89. The van der Waals surface area contributed by atoms with Crippen LogP contribution in [0.5, 0.6) is 0 Å². The van der Waals surface area contributed by atoms with Gasteiger partial charge in [-0.3, -0.25) is 0 Å². The van der Waals surface area contributed by atoms with Gasteiger partial charge in [-0.1, -0.05) is 35.0 Å². The van der Waals surface area contributed by atoms with Crippen molar-refractivity contribution in [3.8, 4) is 0 Å². The van der Waals surface area contributed by atoms with E-state index in [9.17, 15) is 0 Å². The molecule has 0 radical (unpaired) electrons. The van der Waals surface area contributed by atoms with Gasteiger partial charge in [-0.2, -0.15) is 11.8 Å². The van der Waals surface area contributed by atoms with Gasteiger partial charge in [0, 0.05) is 10.5 Å². The maximum absolute atomic E-state index is 3.75. The lowest BCUT2D eigenvalue weighted by molar-refractivity contribution is 0.425. The van der Waals surface area contributed by atoms with Gasteiger partial charge < -0.3 is 5.32 Å². The molecule has 2 atom stereocenters. The van der Waals surface area contributed by atoms with E-state index in [1.54, 1.807) is 0 Å². The van der Waals surface area contributed by atoms with Gasteiger partial charge in [0.05, 0.1) is 0 Å². The van der Waals surface area contributed by atoms with Crippen LogP contribution in [0.4, 0.5) is 0 Å². The molecule has 1 heterocycles. The number of thioether (sulfide) groups is 1. The first-order valence-electron chi connectivity index (χ1n) is 6.86. The van der Waals surface area contributed by atoms with Gasteiger partial charge in [0.25, 0.3) is 0 Å². The zero-order valence-electron chi connectivity index (χ0n) is 11.0. The lowest BCUT2D eigenvalue weighted by Crippen LogP contribution is -2.29. The van der Waals surface area contributed by atoms with Gasteiger partial charge in [-0.15, -0.1) is 0 Å². The Morgan fingerprint density at radius 1 is 1.39 bits per heavy atom. The average Bonchev–Trinajstić information content (AvgIpc) is 2.42. The molecular weight excluding hydrogens is 306 g/mol. The van der Waals surface area contributed by atoms with Crippen molar-refractivity contribution in [2.75, 3.05) is 18.1 Å². The zero-order chi connectivity index (χ0) is 12.8. The average molecular weight is 328 g/mol. The first-order valence-corrected chi connectivity index (χ1v) is 8.81. The highest BCUT2D eigenvalue weighted by molar-refractivity contribution is 9.10. The molecule has 1 aliphatic rings. The minimum atomic E-state index is 0.505. The highest BCUT2D eigenvalue weighted by Crippen LogP contribution is 2.24. The molecule has 1 aliphatic heterocycles. The van der Waals surface area contributed by atoms with Crippen LogP contribution in [0.25, 0.3) is 0 Å². The number of benzene rings is 1. The molecule has 2 rings (SSSR count). The standard InChI is InChI=1S/C15H22BrNS/c1-2-15(13-5-7-14(16)8-6-13)17-10-12-4-3-9-18-11-12/h5-8,12,15,17H,2-4,9-11H2,1H3. The summed E-state index contributed by atoms with van der Waals surface area (Å²) in [6.07, 6.45) is 3.95. The normalized spacial score (nSPS) is 21.8. The highest BCUT2D eigenvalue weighted by atomic mass is 79.9. The van der Waals surface area contributed by atoms with Gasteiger partial charge in [0.1, 0.15) is 0 Å². The second-order valence-corrected chi connectivity index (χ2v) is 7.07. The summed E-state index contributed by atoms with van der Waals surface area (Å²) in [6.45, 7) is 3.43. The second-order valence-electron chi connectivity index (χ2n) is 5.00. The molecule has 1 N–H and O–H groups in total. The van der Waals surface area contributed by atoms with Crippen LogP contribution in [0.15, 0.2) is 28.7 Å². The molecule has 1 saturated heterocycles. The third-order valence-electron chi connectivity index (χ3n) is 3.59. The van der Waals surface area contributed by atoms with Crippen molar-refractivity contribution >= 4 is 27.7 Å². The van der Waals surface area contributed by atoms with Crippen LogP contribution >= 0.6 is 27.7 Å². The largest absolute Gasteiger partial charge is 0.310 e. The summed E-state index contributed by atoms with van der Waals surface area (Å²) in [5.41, 5.74) is 1.41. The maximum Gasteiger partial charge on any atom is 0.0317 e. The monoisotopic (exact) mass is 327 g/mol. The van der Waals surface area contributed by atoms with Crippen molar-refractivity contribution < 1.29 is 0 Å². The van der Waals surface area contributed by atoms with Crippen molar-refractivity contribution in [2.45, 2.75) is 32.2 Å². The lowest BCUT2D eigenvalue weighted by atomic mass is 10.0. The minimum absolute atomic E-state index is 0.505. The summed E-state index contributed by atoms with van der Waals surface area (Å²) in [6, 6.07) is 9.22. The third-order valence-corrected chi connectivity index (χ3v) is 5.40. The summed E-state index contributed by atoms with van der Waals surface area (Å²) in [5.74, 6) is 3.57. The van der Waals surface area contributed by atoms with E-state index < -0.39 is 0 Å². The minimum Gasteiger partial charge on any atom is -0.310 e. The van der Waals surface area contributed by atoms with Crippen LogP contribution in [0.3, 0.4) is 0 Å². The van der Waals surface area contributed by atoms with Crippen molar-refractivity contribution in [1.82, 2.24) is 5.32 Å². The van der Waals surface area contributed by atoms with E-state index in [2.05, 4.69) is 64.2 Å². The molecule has 0 amide bonds. The Morgan fingerprint density at radius 2 is 2.17 bits per heavy atom. The Bertz CT molecular complexity index is 346. The number of hydrogen-bond donors (Lipinski definition) is 1. The predicted octanol–water partition coefficient (Wildman–Crippen LogP) is 4.63. The summed E-state index contributed by atoms with van der Waals surface area (Å²) in [4.78, 5) is 0.